The van der Waals surface area contributed by atoms with Gasteiger partial charge >= 0.3 is 0 Å². The average Bonchev–Trinajstić information content (AvgIpc) is 2.50. The fourth-order valence-electron chi connectivity index (χ4n) is 2.80. The number of aliphatic hydroxyl groups excluding tert-OH is 1. The van der Waals surface area contributed by atoms with Crippen LogP contribution in [0.5, 0.6) is 0 Å². The van der Waals surface area contributed by atoms with Crippen LogP contribution in [-0.4, -0.2) is 22.3 Å². The van der Waals surface area contributed by atoms with Crippen molar-refractivity contribution in [3.05, 3.63) is 0 Å². The molecule has 3 nitrogen and oxygen atoms in total. The highest BCUT2D eigenvalue weighted by Crippen LogP contribution is 2.13. The van der Waals surface area contributed by atoms with Gasteiger partial charge in [0, 0.05) is 6.42 Å². The highest BCUT2D eigenvalue weighted by molar-refractivity contribution is 5.81. The first-order valence-corrected chi connectivity index (χ1v) is 9.57. The highest BCUT2D eigenvalue weighted by atomic mass is 16.5. The minimum Gasteiger partial charge on any atom is -0.362 e. The number of hydrogen-bond acceptors (Lipinski definition) is 3. The quantitative estimate of drug-likeness (QED) is 0.289. The van der Waals surface area contributed by atoms with Gasteiger partial charge < -0.3 is 10.2 Å². The molecule has 0 saturated heterocycles. The SMILES string of the molecule is CCCCCCCCCCCCCCCCCC(=O)C(O)O. The van der Waals surface area contributed by atoms with Crippen molar-refractivity contribution < 1.29 is 15.0 Å². The smallest absolute Gasteiger partial charge is 0.212 e. The van der Waals surface area contributed by atoms with Crippen molar-refractivity contribution in [3.8, 4) is 0 Å². The van der Waals surface area contributed by atoms with Gasteiger partial charge in [0.2, 0.25) is 6.29 Å². The Morgan fingerprint density at radius 1 is 0.636 bits per heavy atom. The molecule has 0 bridgehead atoms. The Labute approximate surface area is 137 Å². The molecule has 0 atom stereocenters. The third kappa shape index (κ3) is 16.0. The van der Waals surface area contributed by atoms with E-state index in [1.165, 1.54) is 77.0 Å². The normalized spacial score (nSPS) is 11.3. The molecule has 3 heteroatoms. The highest BCUT2D eigenvalue weighted by Gasteiger charge is 2.09. The lowest BCUT2D eigenvalue weighted by Crippen LogP contribution is -2.18. The van der Waals surface area contributed by atoms with E-state index in [2.05, 4.69) is 6.92 Å². The van der Waals surface area contributed by atoms with Gasteiger partial charge in [-0.2, -0.15) is 0 Å². The molecule has 0 aromatic rings. The van der Waals surface area contributed by atoms with E-state index in [-0.39, 0.29) is 0 Å². The van der Waals surface area contributed by atoms with E-state index in [9.17, 15) is 4.79 Å². The first-order chi connectivity index (χ1) is 10.7. The van der Waals surface area contributed by atoms with Crippen LogP contribution in [0.2, 0.25) is 0 Å². The van der Waals surface area contributed by atoms with Crippen LogP contribution in [0.4, 0.5) is 0 Å². The van der Waals surface area contributed by atoms with Gasteiger partial charge in [-0.25, -0.2) is 0 Å². The Hall–Kier alpha value is -0.410. The predicted octanol–water partition coefficient (Wildman–Crippen LogP) is 5.13. The fraction of sp³-hybridized carbons (Fsp3) is 0.947. The second-order valence-electron chi connectivity index (χ2n) is 6.54. The molecule has 0 aliphatic carbocycles. The summed E-state index contributed by atoms with van der Waals surface area (Å²) >= 11 is 0. The largest absolute Gasteiger partial charge is 0.362 e. The molecule has 0 radical (unpaired) electrons. The molecule has 2 N–H and O–H groups in total. The van der Waals surface area contributed by atoms with E-state index in [0.29, 0.717) is 6.42 Å². The maximum atomic E-state index is 11.0. The number of aliphatic hydroxyl groups is 2. The zero-order valence-corrected chi connectivity index (χ0v) is 14.7. The second-order valence-corrected chi connectivity index (χ2v) is 6.54. The molecule has 0 spiro atoms. The molecule has 0 aromatic carbocycles. The molecule has 0 aliphatic heterocycles. The van der Waals surface area contributed by atoms with Crippen LogP contribution in [0.1, 0.15) is 110 Å². The van der Waals surface area contributed by atoms with Gasteiger partial charge in [-0.05, 0) is 6.42 Å². The van der Waals surface area contributed by atoms with Crippen LogP contribution >= 0.6 is 0 Å². The second kappa shape index (κ2) is 17.0. The summed E-state index contributed by atoms with van der Waals surface area (Å²) in [7, 11) is 0. The van der Waals surface area contributed by atoms with Gasteiger partial charge in [-0.3, -0.25) is 4.79 Å². The molecule has 132 valence electrons. The molecule has 0 rings (SSSR count). The van der Waals surface area contributed by atoms with Gasteiger partial charge in [0.15, 0.2) is 5.78 Å². The first-order valence-electron chi connectivity index (χ1n) is 9.57. The fourth-order valence-corrected chi connectivity index (χ4v) is 2.80. The van der Waals surface area contributed by atoms with Crippen LogP contribution in [0.15, 0.2) is 0 Å². The van der Waals surface area contributed by atoms with Gasteiger partial charge in [-0.1, -0.05) is 96.8 Å². The first kappa shape index (κ1) is 21.6. The monoisotopic (exact) mass is 314 g/mol. The van der Waals surface area contributed by atoms with Crippen molar-refractivity contribution in [1.29, 1.82) is 0 Å². The number of carbonyl (C=O) groups is 1. The number of carbonyl (C=O) groups excluding carboxylic acids is 1. The molecule has 0 fully saturated rings. The molecule has 22 heavy (non-hydrogen) atoms. The lowest BCUT2D eigenvalue weighted by atomic mass is 10.0. The van der Waals surface area contributed by atoms with Crippen molar-refractivity contribution in [2.24, 2.45) is 0 Å². The minimum atomic E-state index is -1.77. The molecule has 0 aromatic heterocycles. The standard InChI is InChI=1S/C19H38O3/c1-2-3-4-5-6-7-8-9-10-11-12-13-14-15-16-17-18(20)19(21)22/h19,21-22H,2-17H2,1H3. The predicted molar refractivity (Wildman–Crippen MR) is 92.8 cm³/mol. The van der Waals surface area contributed by atoms with Gasteiger partial charge in [0.05, 0.1) is 0 Å². The Kier molecular flexibility index (Phi) is 16.6. The molecule has 0 saturated carbocycles. The van der Waals surface area contributed by atoms with Crippen molar-refractivity contribution in [2.75, 3.05) is 0 Å². The van der Waals surface area contributed by atoms with Crippen molar-refractivity contribution in [2.45, 2.75) is 116 Å². The van der Waals surface area contributed by atoms with E-state index in [1.807, 2.05) is 0 Å². The summed E-state index contributed by atoms with van der Waals surface area (Å²) in [5, 5.41) is 17.3. The summed E-state index contributed by atoms with van der Waals surface area (Å²) in [6.45, 7) is 2.26. The van der Waals surface area contributed by atoms with Crippen LogP contribution in [0.25, 0.3) is 0 Å². The van der Waals surface area contributed by atoms with Gasteiger partial charge in [0.1, 0.15) is 0 Å². The Morgan fingerprint density at radius 3 is 1.27 bits per heavy atom. The summed E-state index contributed by atoms with van der Waals surface area (Å²) in [6.07, 6.45) is 17.9. The third-order valence-electron chi connectivity index (χ3n) is 4.31. The molecule has 0 aliphatic rings. The van der Waals surface area contributed by atoms with Crippen LogP contribution in [0, 0.1) is 0 Å². The van der Waals surface area contributed by atoms with E-state index in [4.69, 9.17) is 10.2 Å². The van der Waals surface area contributed by atoms with Crippen LogP contribution in [-0.2, 0) is 4.79 Å². The molecular weight excluding hydrogens is 276 g/mol. The summed E-state index contributed by atoms with van der Waals surface area (Å²) in [5.74, 6) is -0.449. The zero-order chi connectivity index (χ0) is 16.5. The van der Waals surface area contributed by atoms with Crippen molar-refractivity contribution in [1.82, 2.24) is 0 Å². The van der Waals surface area contributed by atoms with E-state index in [1.54, 1.807) is 0 Å². The van der Waals surface area contributed by atoms with E-state index >= 15 is 0 Å². The zero-order valence-electron chi connectivity index (χ0n) is 14.7. The summed E-state index contributed by atoms with van der Waals surface area (Å²) in [6, 6.07) is 0. The van der Waals surface area contributed by atoms with Gasteiger partial charge in [0.25, 0.3) is 0 Å². The Balaban J connectivity index is 3.04. The number of hydrogen-bond donors (Lipinski definition) is 2. The van der Waals surface area contributed by atoms with E-state index < -0.39 is 12.1 Å². The minimum absolute atomic E-state index is 0.302. The van der Waals surface area contributed by atoms with Gasteiger partial charge in [-0.15, -0.1) is 0 Å². The van der Waals surface area contributed by atoms with Crippen molar-refractivity contribution >= 4 is 5.78 Å². The van der Waals surface area contributed by atoms with Crippen LogP contribution < -0.4 is 0 Å². The van der Waals surface area contributed by atoms with Crippen molar-refractivity contribution in [3.63, 3.8) is 0 Å². The lowest BCUT2D eigenvalue weighted by molar-refractivity contribution is -0.145. The molecule has 0 heterocycles. The summed E-state index contributed by atoms with van der Waals surface area (Å²) < 4.78 is 0. The average molecular weight is 315 g/mol. The van der Waals surface area contributed by atoms with E-state index in [0.717, 1.165) is 19.3 Å². The third-order valence-corrected chi connectivity index (χ3v) is 4.31. The molecular formula is C19H38O3. The number of unbranched alkanes of at least 4 members (excludes halogenated alkanes) is 14. The maximum Gasteiger partial charge on any atom is 0.212 e. The topological polar surface area (TPSA) is 57.5 Å². The Bertz CT molecular complexity index is 239. The number of ketones is 1. The molecule has 0 amide bonds. The molecule has 0 unspecified atom stereocenters. The van der Waals surface area contributed by atoms with Crippen LogP contribution in [0.3, 0.4) is 0 Å². The summed E-state index contributed by atoms with van der Waals surface area (Å²) in [5.41, 5.74) is 0. The number of Topliss-reactive ketones (excluding diaryl/α,β-unsaturated/α-hetero) is 1. The lowest BCUT2D eigenvalue weighted by Gasteiger charge is -2.04. The number of rotatable bonds is 17. The summed E-state index contributed by atoms with van der Waals surface area (Å²) in [4.78, 5) is 11.0. The Morgan fingerprint density at radius 2 is 0.955 bits per heavy atom. The maximum absolute atomic E-state index is 11.0.